The van der Waals surface area contributed by atoms with E-state index in [0.717, 1.165) is 41.9 Å². The molecule has 0 aromatic heterocycles. The summed E-state index contributed by atoms with van der Waals surface area (Å²) in [6.07, 6.45) is 0.375. The minimum Gasteiger partial charge on any atom is -0.369 e. The molecule has 0 spiro atoms. The van der Waals surface area contributed by atoms with Crippen molar-refractivity contribution in [2.45, 2.75) is 6.42 Å². The largest absolute Gasteiger partial charge is 0.369 e. The lowest BCUT2D eigenvalue weighted by atomic mass is 10.1. The Balaban J connectivity index is 1.56. The molecule has 1 N–H and O–H groups in total. The molecule has 1 aliphatic rings. The van der Waals surface area contributed by atoms with E-state index < -0.39 is 0 Å². The van der Waals surface area contributed by atoms with Gasteiger partial charge >= 0.3 is 0 Å². The molecule has 2 aromatic rings. The molecule has 0 bridgehead atoms. The van der Waals surface area contributed by atoms with Gasteiger partial charge in [-0.2, -0.15) is 0 Å². The third-order valence-electron chi connectivity index (χ3n) is 4.27. The van der Waals surface area contributed by atoms with Gasteiger partial charge in [0.05, 0.1) is 6.42 Å². The lowest BCUT2D eigenvalue weighted by Crippen LogP contribution is -2.44. The zero-order valence-corrected chi connectivity index (χ0v) is 15.4. The number of benzene rings is 2. The van der Waals surface area contributed by atoms with Crippen LogP contribution in [0.3, 0.4) is 0 Å². The van der Waals surface area contributed by atoms with Gasteiger partial charge in [0, 0.05) is 42.0 Å². The number of piperazine rings is 1. The van der Waals surface area contributed by atoms with E-state index in [4.69, 9.17) is 0 Å². The third kappa shape index (κ3) is 4.58. The van der Waals surface area contributed by atoms with Gasteiger partial charge in [-0.1, -0.05) is 28.1 Å². The number of nitrogens with one attached hydrogen (secondary N) is 1. The first-order valence-corrected chi connectivity index (χ1v) is 8.97. The topological polar surface area (TPSA) is 35.6 Å². The first-order chi connectivity index (χ1) is 11.6. The number of carbonyl (C=O) groups excluding carboxylic acids is 1. The number of nitrogens with zero attached hydrogens (tertiary/aromatic N) is 2. The van der Waals surface area contributed by atoms with E-state index >= 15 is 0 Å². The lowest BCUT2D eigenvalue weighted by molar-refractivity contribution is -0.115. The quantitative estimate of drug-likeness (QED) is 0.873. The molecular formula is C19H22BrN3O. The fourth-order valence-corrected chi connectivity index (χ4v) is 3.30. The molecule has 1 amide bonds. The molecule has 0 radical (unpaired) electrons. The summed E-state index contributed by atoms with van der Waals surface area (Å²) in [5, 5.41) is 2.97. The van der Waals surface area contributed by atoms with Gasteiger partial charge in [0.2, 0.25) is 5.91 Å². The summed E-state index contributed by atoms with van der Waals surface area (Å²) in [4.78, 5) is 16.9. The second kappa shape index (κ2) is 7.81. The Bertz CT molecular complexity index is 694. The number of hydrogen-bond acceptors (Lipinski definition) is 3. The van der Waals surface area contributed by atoms with Crippen LogP contribution in [-0.4, -0.2) is 44.0 Å². The van der Waals surface area contributed by atoms with Crippen molar-refractivity contribution in [3.8, 4) is 0 Å². The van der Waals surface area contributed by atoms with Crippen molar-refractivity contribution in [3.05, 3.63) is 58.6 Å². The van der Waals surface area contributed by atoms with Crippen LogP contribution in [0.4, 0.5) is 11.4 Å². The van der Waals surface area contributed by atoms with E-state index in [1.54, 1.807) is 0 Å². The minimum absolute atomic E-state index is 0.000414. The highest BCUT2D eigenvalue weighted by molar-refractivity contribution is 9.10. The molecule has 0 unspecified atom stereocenters. The van der Waals surface area contributed by atoms with Crippen LogP contribution in [-0.2, 0) is 11.2 Å². The van der Waals surface area contributed by atoms with Crippen molar-refractivity contribution in [3.63, 3.8) is 0 Å². The second-order valence-electron chi connectivity index (χ2n) is 6.19. The maximum Gasteiger partial charge on any atom is 0.228 e. The van der Waals surface area contributed by atoms with Gasteiger partial charge in [0.25, 0.3) is 0 Å². The van der Waals surface area contributed by atoms with Gasteiger partial charge in [-0.25, -0.2) is 0 Å². The third-order valence-corrected chi connectivity index (χ3v) is 4.77. The monoisotopic (exact) mass is 387 g/mol. The zero-order valence-electron chi connectivity index (χ0n) is 13.8. The molecule has 0 aliphatic carbocycles. The van der Waals surface area contributed by atoms with E-state index in [9.17, 15) is 4.79 Å². The summed E-state index contributed by atoms with van der Waals surface area (Å²) in [6.45, 7) is 4.27. The van der Waals surface area contributed by atoms with Crippen LogP contribution in [0.15, 0.2) is 53.0 Å². The van der Waals surface area contributed by atoms with Crippen LogP contribution in [0.5, 0.6) is 0 Å². The molecule has 0 saturated carbocycles. The summed E-state index contributed by atoms with van der Waals surface area (Å²) in [6, 6.07) is 16.0. The molecule has 4 nitrogen and oxygen atoms in total. The molecule has 5 heteroatoms. The molecule has 0 atom stereocenters. The normalized spacial score (nSPS) is 15.3. The molecule has 1 fully saturated rings. The first kappa shape index (κ1) is 17.0. The number of anilines is 2. The zero-order chi connectivity index (χ0) is 16.9. The van der Waals surface area contributed by atoms with Gasteiger partial charge in [0.1, 0.15) is 0 Å². The van der Waals surface area contributed by atoms with E-state index in [0.29, 0.717) is 6.42 Å². The van der Waals surface area contributed by atoms with E-state index in [1.807, 2.05) is 36.4 Å². The fourth-order valence-electron chi connectivity index (χ4n) is 2.86. The number of rotatable bonds is 4. The van der Waals surface area contributed by atoms with Crippen LogP contribution < -0.4 is 10.2 Å². The fraction of sp³-hybridized carbons (Fsp3) is 0.316. The molecule has 24 heavy (non-hydrogen) atoms. The van der Waals surface area contributed by atoms with Crippen LogP contribution >= 0.6 is 15.9 Å². The van der Waals surface area contributed by atoms with Crippen molar-refractivity contribution in [1.29, 1.82) is 0 Å². The molecule has 2 aromatic carbocycles. The van der Waals surface area contributed by atoms with E-state index in [-0.39, 0.29) is 5.91 Å². The van der Waals surface area contributed by atoms with Crippen molar-refractivity contribution in [1.82, 2.24) is 4.90 Å². The summed E-state index contributed by atoms with van der Waals surface area (Å²) < 4.78 is 0.990. The summed E-state index contributed by atoms with van der Waals surface area (Å²) >= 11 is 3.43. The highest BCUT2D eigenvalue weighted by Gasteiger charge is 2.14. The molecule has 126 valence electrons. The molecule has 1 aliphatic heterocycles. The number of amides is 1. The predicted octanol–water partition coefficient (Wildman–Crippen LogP) is 3.38. The van der Waals surface area contributed by atoms with Gasteiger partial charge in [-0.05, 0) is 49.0 Å². The standard InChI is InChI=1S/C19H22BrN3O/c1-22-9-11-23(12-10-22)18-7-5-17(6-8-18)21-19(24)14-15-3-2-4-16(20)13-15/h2-8,13H,9-12,14H2,1H3,(H,21,24). The lowest BCUT2D eigenvalue weighted by Gasteiger charge is -2.34. The Labute approximate surface area is 151 Å². The first-order valence-electron chi connectivity index (χ1n) is 8.18. The number of hydrogen-bond donors (Lipinski definition) is 1. The van der Waals surface area contributed by atoms with Gasteiger partial charge in [-0.3, -0.25) is 4.79 Å². The summed E-state index contributed by atoms with van der Waals surface area (Å²) in [7, 11) is 2.15. The molecular weight excluding hydrogens is 366 g/mol. The maximum atomic E-state index is 12.2. The second-order valence-corrected chi connectivity index (χ2v) is 7.11. The molecule has 1 saturated heterocycles. The molecule has 1 heterocycles. The Hall–Kier alpha value is -1.85. The van der Waals surface area contributed by atoms with E-state index in [1.165, 1.54) is 5.69 Å². The maximum absolute atomic E-state index is 12.2. The van der Waals surface area contributed by atoms with Crippen LogP contribution in [0.25, 0.3) is 0 Å². The van der Waals surface area contributed by atoms with Gasteiger partial charge in [-0.15, -0.1) is 0 Å². The Kier molecular flexibility index (Phi) is 5.53. The average molecular weight is 388 g/mol. The Morgan fingerprint density at radius 2 is 1.79 bits per heavy atom. The molecule has 3 rings (SSSR count). The number of halogens is 1. The smallest absolute Gasteiger partial charge is 0.228 e. The van der Waals surface area contributed by atoms with Gasteiger partial charge in [0.15, 0.2) is 0 Å². The highest BCUT2D eigenvalue weighted by atomic mass is 79.9. The van der Waals surface area contributed by atoms with Crippen molar-refractivity contribution >= 4 is 33.2 Å². The summed E-state index contributed by atoms with van der Waals surface area (Å²) in [5.74, 6) is 0.000414. The SMILES string of the molecule is CN1CCN(c2ccc(NC(=O)Cc3cccc(Br)c3)cc2)CC1. The average Bonchev–Trinajstić information content (AvgIpc) is 2.56. The van der Waals surface area contributed by atoms with E-state index in [2.05, 4.69) is 50.2 Å². The Morgan fingerprint density at radius 3 is 2.46 bits per heavy atom. The van der Waals surface area contributed by atoms with Crippen molar-refractivity contribution in [2.75, 3.05) is 43.4 Å². The van der Waals surface area contributed by atoms with Crippen LogP contribution in [0, 0.1) is 0 Å². The van der Waals surface area contributed by atoms with Gasteiger partial charge < -0.3 is 15.1 Å². The van der Waals surface area contributed by atoms with Crippen LogP contribution in [0.2, 0.25) is 0 Å². The van der Waals surface area contributed by atoms with Crippen molar-refractivity contribution in [2.24, 2.45) is 0 Å². The minimum atomic E-state index is 0.000414. The summed E-state index contributed by atoms with van der Waals surface area (Å²) in [5.41, 5.74) is 3.05. The number of carbonyl (C=O) groups is 1. The predicted molar refractivity (Wildman–Crippen MR) is 103 cm³/mol. The van der Waals surface area contributed by atoms with Crippen LogP contribution in [0.1, 0.15) is 5.56 Å². The van der Waals surface area contributed by atoms with Crippen molar-refractivity contribution < 1.29 is 4.79 Å². The number of likely N-dealkylation sites (N-methyl/N-ethyl adjacent to an activating group) is 1. The Morgan fingerprint density at radius 1 is 1.08 bits per heavy atom. The highest BCUT2D eigenvalue weighted by Crippen LogP contribution is 2.19.